The average molecular weight is 488 g/mol. The summed E-state index contributed by atoms with van der Waals surface area (Å²) < 4.78 is 0. The van der Waals surface area contributed by atoms with E-state index in [1.54, 1.807) is 6.20 Å². The summed E-state index contributed by atoms with van der Waals surface area (Å²) in [6.07, 6.45) is 2.04. The van der Waals surface area contributed by atoms with Gasteiger partial charge in [0.25, 0.3) is 0 Å². The van der Waals surface area contributed by atoms with Crippen molar-refractivity contribution in [3.05, 3.63) is 36.0 Å². The maximum Gasteiger partial charge on any atom is 0.326 e. The molecule has 1 aromatic heterocycles. The van der Waals surface area contributed by atoms with E-state index in [9.17, 15) is 24.0 Å². The number of amides is 3. The molecule has 12 heteroatoms. The lowest BCUT2D eigenvalue weighted by Crippen LogP contribution is -2.56. The number of rotatable bonds is 10. The van der Waals surface area contributed by atoms with Crippen molar-refractivity contribution in [3.63, 3.8) is 0 Å². The van der Waals surface area contributed by atoms with Crippen LogP contribution in [0, 0.1) is 0 Å². The minimum atomic E-state index is -1.61. The lowest BCUT2D eigenvalue weighted by Gasteiger charge is -2.28. The summed E-state index contributed by atoms with van der Waals surface area (Å²) in [7, 11) is 0. The van der Waals surface area contributed by atoms with Crippen LogP contribution in [-0.4, -0.2) is 80.5 Å². The topological polar surface area (TPSA) is 195 Å². The van der Waals surface area contributed by atoms with E-state index in [4.69, 9.17) is 15.9 Å². The summed E-state index contributed by atoms with van der Waals surface area (Å²) in [5.74, 6) is -4.65. The minimum Gasteiger partial charge on any atom is -0.481 e. The van der Waals surface area contributed by atoms with Gasteiger partial charge in [-0.1, -0.05) is 18.2 Å². The van der Waals surface area contributed by atoms with Gasteiger partial charge in [-0.25, -0.2) is 4.79 Å². The molecule has 2 heterocycles. The highest BCUT2D eigenvalue weighted by Crippen LogP contribution is 2.20. The van der Waals surface area contributed by atoms with E-state index >= 15 is 0 Å². The first kappa shape index (κ1) is 25.7. The van der Waals surface area contributed by atoms with Gasteiger partial charge >= 0.3 is 11.9 Å². The molecule has 1 fully saturated rings. The minimum absolute atomic E-state index is 0.245. The molecule has 1 saturated heterocycles. The van der Waals surface area contributed by atoms with Crippen LogP contribution in [0.25, 0.3) is 10.9 Å². The largest absolute Gasteiger partial charge is 0.481 e. The maximum atomic E-state index is 13.0. The fourth-order valence-electron chi connectivity index (χ4n) is 4.21. The number of carboxylic acid groups (broad SMARTS) is 2. The first-order chi connectivity index (χ1) is 16.6. The molecule has 3 amide bonds. The Bertz CT molecular complexity index is 1130. The zero-order valence-electron chi connectivity index (χ0n) is 19.2. The Morgan fingerprint density at radius 1 is 1.17 bits per heavy atom. The van der Waals surface area contributed by atoms with Crippen molar-refractivity contribution in [1.29, 1.82) is 0 Å². The van der Waals surface area contributed by atoms with Crippen LogP contribution in [0.1, 0.15) is 31.7 Å². The molecular weight excluding hydrogens is 458 g/mol. The molecule has 7 N–H and O–H groups in total. The first-order valence-electron chi connectivity index (χ1n) is 11.2. The summed E-state index contributed by atoms with van der Waals surface area (Å²) in [4.78, 5) is 64.8. The van der Waals surface area contributed by atoms with Crippen LogP contribution >= 0.6 is 0 Å². The first-order valence-corrected chi connectivity index (χ1v) is 11.2. The van der Waals surface area contributed by atoms with Gasteiger partial charge in [-0.2, -0.15) is 0 Å². The Hall–Kier alpha value is -3.93. The SMILES string of the molecule is CC(NC(=O)C(N)Cc1c[nH]c2ccccc12)C(=O)N1CCCC1C(=O)NC(CC(=O)O)C(=O)O. The number of nitrogens with two attached hydrogens (primary N) is 1. The Morgan fingerprint density at radius 2 is 1.89 bits per heavy atom. The Kier molecular flexibility index (Phi) is 8.07. The molecule has 1 aliphatic rings. The second kappa shape index (κ2) is 11.0. The van der Waals surface area contributed by atoms with Crippen molar-refractivity contribution in [3.8, 4) is 0 Å². The number of aliphatic carboxylic acids is 2. The van der Waals surface area contributed by atoms with Crippen LogP contribution in [0.3, 0.4) is 0 Å². The number of fused-ring (bicyclic) bond motifs is 1. The molecule has 0 saturated carbocycles. The average Bonchev–Trinajstić information content (AvgIpc) is 3.45. The maximum absolute atomic E-state index is 13.0. The number of carboxylic acids is 2. The van der Waals surface area contributed by atoms with Gasteiger partial charge in [0.15, 0.2) is 0 Å². The van der Waals surface area contributed by atoms with Crippen LogP contribution in [0.5, 0.6) is 0 Å². The smallest absolute Gasteiger partial charge is 0.326 e. The number of nitrogens with zero attached hydrogens (tertiary/aromatic N) is 1. The van der Waals surface area contributed by atoms with Crippen molar-refractivity contribution in [2.75, 3.05) is 6.54 Å². The fourth-order valence-corrected chi connectivity index (χ4v) is 4.21. The zero-order valence-corrected chi connectivity index (χ0v) is 19.2. The standard InChI is InChI=1S/C23H29N5O7/c1-12(26-20(31)15(24)9-13-11-25-16-6-3-2-5-14(13)16)22(33)28-8-4-7-18(28)21(32)27-17(23(34)35)10-19(29)30/h2-3,5-6,11-12,15,17-18,25H,4,7-10,24H2,1H3,(H,26,31)(H,27,32)(H,29,30)(H,34,35). The number of likely N-dealkylation sites (tertiary alicyclic amines) is 1. The highest BCUT2D eigenvalue weighted by atomic mass is 16.4. The van der Waals surface area contributed by atoms with Crippen molar-refractivity contribution in [2.45, 2.75) is 56.8 Å². The van der Waals surface area contributed by atoms with Gasteiger partial charge in [0.05, 0.1) is 12.5 Å². The molecule has 4 unspecified atom stereocenters. The number of carbonyl (C=O) groups excluding carboxylic acids is 3. The Morgan fingerprint density at radius 3 is 2.57 bits per heavy atom. The van der Waals surface area contributed by atoms with Crippen molar-refractivity contribution < 1.29 is 34.2 Å². The molecule has 4 atom stereocenters. The summed E-state index contributed by atoms with van der Waals surface area (Å²) in [6, 6.07) is 3.15. The number of hydrogen-bond donors (Lipinski definition) is 6. The third-order valence-electron chi connectivity index (χ3n) is 6.01. The van der Waals surface area contributed by atoms with Crippen molar-refractivity contribution >= 4 is 40.6 Å². The summed E-state index contributed by atoms with van der Waals surface area (Å²) >= 11 is 0. The molecule has 1 aromatic carbocycles. The van der Waals surface area contributed by atoms with Crippen molar-refractivity contribution in [2.24, 2.45) is 5.73 Å². The van der Waals surface area contributed by atoms with Gasteiger partial charge in [0, 0.05) is 23.6 Å². The zero-order chi connectivity index (χ0) is 25.7. The molecule has 1 aliphatic heterocycles. The van der Waals surface area contributed by atoms with Gasteiger partial charge in [-0.3, -0.25) is 19.2 Å². The molecule has 0 aliphatic carbocycles. The molecule has 2 aromatic rings. The molecular formula is C23H29N5O7. The normalized spacial score (nSPS) is 18.0. The predicted molar refractivity (Wildman–Crippen MR) is 124 cm³/mol. The number of carbonyl (C=O) groups is 5. The number of benzene rings is 1. The number of para-hydroxylation sites is 1. The summed E-state index contributed by atoms with van der Waals surface area (Å²) in [6.45, 7) is 1.73. The van der Waals surface area contributed by atoms with Crippen LogP contribution in [0.2, 0.25) is 0 Å². The number of aromatic nitrogens is 1. The molecule has 3 rings (SSSR count). The van der Waals surface area contributed by atoms with Crippen LogP contribution in [0.15, 0.2) is 30.5 Å². The Labute approximate surface area is 200 Å². The second-order valence-electron chi connectivity index (χ2n) is 8.59. The molecule has 0 spiro atoms. The van der Waals surface area contributed by atoms with E-state index in [2.05, 4.69) is 15.6 Å². The van der Waals surface area contributed by atoms with Gasteiger partial charge in [0.2, 0.25) is 17.7 Å². The Balaban J connectivity index is 1.59. The van der Waals surface area contributed by atoms with Gasteiger partial charge in [-0.15, -0.1) is 0 Å². The van der Waals surface area contributed by atoms with Gasteiger partial charge in [-0.05, 0) is 37.8 Å². The van der Waals surface area contributed by atoms with Crippen LogP contribution < -0.4 is 16.4 Å². The molecule has 35 heavy (non-hydrogen) atoms. The van der Waals surface area contributed by atoms with Crippen LogP contribution in [0.4, 0.5) is 0 Å². The highest BCUT2D eigenvalue weighted by Gasteiger charge is 2.38. The predicted octanol–water partition coefficient (Wildman–Crippen LogP) is -0.422. The molecule has 0 radical (unpaired) electrons. The van der Waals surface area contributed by atoms with Gasteiger partial charge in [0.1, 0.15) is 18.1 Å². The fraction of sp³-hybridized carbons (Fsp3) is 0.435. The summed E-state index contributed by atoms with van der Waals surface area (Å²) in [5, 5.41) is 23.7. The molecule has 0 bridgehead atoms. The van der Waals surface area contributed by atoms with E-state index in [1.165, 1.54) is 11.8 Å². The molecule has 188 valence electrons. The van der Waals surface area contributed by atoms with Gasteiger partial charge < -0.3 is 36.5 Å². The molecule has 12 nitrogen and oxygen atoms in total. The van der Waals surface area contributed by atoms with E-state index in [1.807, 2.05) is 24.3 Å². The summed E-state index contributed by atoms with van der Waals surface area (Å²) in [5.41, 5.74) is 7.87. The number of nitrogens with one attached hydrogen (secondary N) is 3. The number of hydrogen-bond acceptors (Lipinski definition) is 6. The van der Waals surface area contributed by atoms with E-state index < -0.39 is 60.2 Å². The van der Waals surface area contributed by atoms with Crippen molar-refractivity contribution in [1.82, 2.24) is 20.5 Å². The van der Waals surface area contributed by atoms with E-state index in [0.29, 0.717) is 6.42 Å². The lowest BCUT2D eigenvalue weighted by molar-refractivity contribution is -0.148. The third-order valence-corrected chi connectivity index (χ3v) is 6.01. The third kappa shape index (κ3) is 6.15. The highest BCUT2D eigenvalue weighted by molar-refractivity contribution is 5.95. The number of H-pyrrole nitrogens is 1. The lowest BCUT2D eigenvalue weighted by atomic mass is 10.0. The van der Waals surface area contributed by atoms with E-state index in [-0.39, 0.29) is 19.4 Å². The number of aromatic amines is 1. The monoisotopic (exact) mass is 487 g/mol. The van der Waals surface area contributed by atoms with E-state index in [0.717, 1.165) is 16.5 Å². The second-order valence-corrected chi connectivity index (χ2v) is 8.59. The van der Waals surface area contributed by atoms with Crippen LogP contribution in [-0.2, 0) is 30.4 Å². The quantitative estimate of drug-likeness (QED) is 0.260.